The van der Waals surface area contributed by atoms with Crippen LogP contribution in [-0.4, -0.2) is 33.3 Å². The van der Waals surface area contributed by atoms with Crippen molar-refractivity contribution in [2.45, 2.75) is 38.9 Å². The van der Waals surface area contributed by atoms with E-state index in [-0.39, 0.29) is 11.2 Å². The third-order valence-corrected chi connectivity index (χ3v) is 4.58. The molecule has 3 heterocycles. The number of rotatable bonds is 2. The molecule has 100 valence electrons. The molecule has 1 fully saturated rings. The summed E-state index contributed by atoms with van der Waals surface area (Å²) in [5.41, 5.74) is 0.119. The highest BCUT2D eigenvalue weighted by atomic mass is 32.1. The molecule has 1 aliphatic rings. The summed E-state index contributed by atoms with van der Waals surface area (Å²) in [5, 5.41) is 2.80. The lowest BCUT2D eigenvalue weighted by Gasteiger charge is -2.32. The van der Waals surface area contributed by atoms with Crippen molar-refractivity contribution in [3.8, 4) is 10.8 Å². The number of thiazole rings is 1. The second kappa shape index (κ2) is 4.16. The Labute approximate surface area is 116 Å². The Kier molecular flexibility index (Phi) is 2.81. The lowest BCUT2D eigenvalue weighted by molar-refractivity contribution is 0.00578. The fraction of sp³-hybridized carbons (Fsp3) is 0.500. The molecule has 0 bridgehead atoms. The first-order chi connectivity index (χ1) is 8.89. The normalized spacial score (nSPS) is 20.9. The standard InChI is InChI=1S/C12H16BN3O2S/c1-11(2)12(3,4)18-13(17-11)8-7-19-10(16-8)9-14-5-6-15-9/h5-7H,1-4H3,(H,14,15). The molecule has 7 heteroatoms. The minimum atomic E-state index is -0.412. The fourth-order valence-corrected chi connectivity index (χ4v) is 2.63. The minimum absolute atomic E-state index is 0.341. The number of aromatic amines is 1. The number of hydrogen-bond acceptors (Lipinski definition) is 5. The van der Waals surface area contributed by atoms with Gasteiger partial charge in [-0.15, -0.1) is 11.3 Å². The third kappa shape index (κ3) is 2.11. The minimum Gasteiger partial charge on any atom is -0.398 e. The zero-order valence-corrected chi connectivity index (χ0v) is 12.2. The van der Waals surface area contributed by atoms with Crippen molar-refractivity contribution >= 4 is 24.0 Å². The van der Waals surface area contributed by atoms with E-state index in [0.717, 1.165) is 16.4 Å². The largest absolute Gasteiger partial charge is 0.515 e. The van der Waals surface area contributed by atoms with Crippen molar-refractivity contribution in [3.05, 3.63) is 17.8 Å². The third-order valence-electron chi connectivity index (χ3n) is 3.72. The van der Waals surface area contributed by atoms with Crippen LogP contribution in [0.3, 0.4) is 0 Å². The molecule has 0 aliphatic carbocycles. The summed E-state index contributed by atoms with van der Waals surface area (Å²) in [6, 6.07) is 0. The Morgan fingerprint density at radius 1 is 1.21 bits per heavy atom. The van der Waals surface area contributed by atoms with E-state index in [1.807, 2.05) is 33.1 Å². The van der Waals surface area contributed by atoms with Gasteiger partial charge in [0.05, 0.1) is 16.8 Å². The highest BCUT2D eigenvalue weighted by Crippen LogP contribution is 2.36. The second-order valence-corrected chi connectivity index (χ2v) is 6.46. The van der Waals surface area contributed by atoms with Gasteiger partial charge in [0.25, 0.3) is 0 Å². The molecule has 1 N–H and O–H groups in total. The molecule has 0 aromatic carbocycles. The smallest absolute Gasteiger partial charge is 0.398 e. The molecule has 1 aliphatic heterocycles. The monoisotopic (exact) mass is 277 g/mol. The number of nitrogens with zero attached hydrogens (tertiary/aromatic N) is 2. The maximum Gasteiger partial charge on any atom is 0.515 e. The summed E-state index contributed by atoms with van der Waals surface area (Å²) in [7, 11) is -0.412. The summed E-state index contributed by atoms with van der Waals surface area (Å²) in [6.07, 6.45) is 3.50. The lowest BCUT2D eigenvalue weighted by Crippen LogP contribution is -2.41. The van der Waals surface area contributed by atoms with Gasteiger partial charge in [0.2, 0.25) is 0 Å². The van der Waals surface area contributed by atoms with E-state index in [4.69, 9.17) is 9.31 Å². The van der Waals surface area contributed by atoms with E-state index in [9.17, 15) is 0 Å². The molecule has 0 saturated carbocycles. The van der Waals surface area contributed by atoms with Crippen LogP contribution in [0, 0.1) is 0 Å². The molecule has 2 aromatic rings. The quantitative estimate of drug-likeness (QED) is 0.851. The zero-order valence-electron chi connectivity index (χ0n) is 11.4. The molecule has 1 saturated heterocycles. The molecular weight excluding hydrogens is 261 g/mol. The molecule has 0 unspecified atom stereocenters. The van der Waals surface area contributed by atoms with Crippen LogP contribution in [0.1, 0.15) is 27.7 Å². The van der Waals surface area contributed by atoms with Gasteiger partial charge in [0.15, 0.2) is 10.8 Å². The molecule has 2 aromatic heterocycles. The Hall–Kier alpha value is -1.18. The van der Waals surface area contributed by atoms with Crippen molar-refractivity contribution in [3.63, 3.8) is 0 Å². The van der Waals surface area contributed by atoms with E-state index in [1.165, 1.54) is 11.3 Å². The molecule has 0 atom stereocenters. The molecular formula is C12H16BN3O2S. The van der Waals surface area contributed by atoms with Gasteiger partial charge in [-0.3, -0.25) is 0 Å². The molecule has 5 nitrogen and oxygen atoms in total. The summed E-state index contributed by atoms with van der Waals surface area (Å²) in [4.78, 5) is 11.8. The Balaban J connectivity index is 1.85. The van der Waals surface area contributed by atoms with Gasteiger partial charge in [-0.05, 0) is 27.7 Å². The maximum atomic E-state index is 5.97. The first-order valence-corrected chi connectivity index (χ1v) is 7.08. The van der Waals surface area contributed by atoms with E-state index < -0.39 is 7.12 Å². The predicted molar refractivity (Wildman–Crippen MR) is 75.4 cm³/mol. The van der Waals surface area contributed by atoms with Crippen LogP contribution in [0.25, 0.3) is 10.8 Å². The molecule has 0 amide bonds. The van der Waals surface area contributed by atoms with Crippen molar-refractivity contribution in [2.24, 2.45) is 0 Å². The van der Waals surface area contributed by atoms with Gasteiger partial charge in [0.1, 0.15) is 0 Å². The predicted octanol–water partition coefficient (Wildman–Crippen LogP) is 1.83. The first-order valence-electron chi connectivity index (χ1n) is 6.20. The van der Waals surface area contributed by atoms with Crippen LogP contribution in [-0.2, 0) is 9.31 Å². The van der Waals surface area contributed by atoms with Crippen LogP contribution in [0.15, 0.2) is 17.8 Å². The number of hydrogen-bond donors (Lipinski definition) is 1. The van der Waals surface area contributed by atoms with E-state index in [2.05, 4.69) is 15.0 Å². The average Bonchev–Trinajstić information content (AvgIpc) is 3.00. The lowest BCUT2D eigenvalue weighted by atomic mass is 9.86. The van der Waals surface area contributed by atoms with Gasteiger partial charge in [-0.1, -0.05) is 0 Å². The number of nitrogens with one attached hydrogen (secondary N) is 1. The number of aromatic nitrogens is 3. The Morgan fingerprint density at radius 2 is 1.89 bits per heavy atom. The Bertz CT molecular complexity index is 564. The zero-order chi connectivity index (χ0) is 13.7. The van der Waals surface area contributed by atoms with Crippen molar-refractivity contribution in [2.75, 3.05) is 0 Å². The molecule has 3 rings (SSSR count). The Morgan fingerprint density at radius 3 is 2.47 bits per heavy atom. The summed E-state index contributed by atoms with van der Waals surface area (Å²) in [5.74, 6) is 0.771. The highest BCUT2D eigenvalue weighted by Gasteiger charge is 2.52. The SMILES string of the molecule is CC1(C)OB(c2csc(-c3ncc[nH]3)n2)OC1(C)C. The van der Waals surface area contributed by atoms with Gasteiger partial charge >= 0.3 is 7.12 Å². The summed E-state index contributed by atoms with van der Waals surface area (Å²) >= 11 is 1.53. The van der Waals surface area contributed by atoms with Crippen molar-refractivity contribution in [1.82, 2.24) is 15.0 Å². The summed E-state index contributed by atoms with van der Waals surface area (Å²) < 4.78 is 11.9. The number of H-pyrrole nitrogens is 1. The highest BCUT2D eigenvalue weighted by molar-refractivity contribution is 7.14. The second-order valence-electron chi connectivity index (χ2n) is 5.60. The van der Waals surface area contributed by atoms with Crippen LogP contribution in [0.5, 0.6) is 0 Å². The van der Waals surface area contributed by atoms with E-state index >= 15 is 0 Å². The van der Waals surface area contributed by atoms with Crippen molar-refractivity contribution in [1.29, 1.82) is 0 Å². The molecule has 0 spiro atoms. The average molecular weight is 277 g/mol. The van der Waals surface area contributed by atoms with E-state index in [0.29, 0.717) is 0 Å². The summed E-state index contributed by atoms with van der Waals surface area (Å²) in [6.45, 7) is 8.14. The fourth-order valence-electron chi connectivity index (χ4n) is 1.85. The molecule has 0 radical (unpaired) electrons. The topological polar surface area (TPSA) is 60.0 Å². The van der Waals surface area contributed by atoms with Gasteiger partial charge in [0, 0.05) is 17.8 Å². The van der Waals surface area contributed by atoms with Gasteiger partial charge in [-0.25, -0.2) is 9.97 Å². The van der Waals surface area contributed by atoms with Crippen LogP contribution in [0.2, 0.25) is 0 Å². The van der Waals surface area contributed by atoms with Crippen molar-refractivity contribution < 1.29 is 9.31 Å². The number of imidazole rings is 1. The van der Waals surface area contributed by atoms with Gasteiger partial charge in [-0.2, -0.15) is 0 Å². The van der Waals surface area contributed by atoms with Crippen LogP contribution in [0.4, 0.5) is 0 Å². The van der Waals surface area contributed by atoms with Crippen LogP contribution < -0.4 is 5.59 Å². The first kappa shape index (κ1) is 12.8. The van der Waals surface area contributed by atoms with Crippen LogP contribution >= 0.6 is 11.3 Å². The van der Waals surface area contributed by atoms with Gasteiger partial charge < -0.3 is 14.3 Å². The maximum absolute atomic E-state index is 5.97. The molecule has 19 heavy (non-hydrogen) atoms. The van der Waals surface area contributed by atoms with E-state index in [1.54, 1.807) is 12.4 Å².